The van der Waals surface area contributed by atoms with Gasteiger partial charge in [-0.1, -0.05) is 22.0 Å². The Balaban J connectivity index is 1.51. The minimum atomic E-state index is -0.507. The highest BCUT2D eigenvalue weighted by atomic mass is 79.9. The third-order valence-electron chi connectivity index (χ3n) is 5.02. The molecule has 0 fully saturated rings. The molecule has 162 valence electrons. The standard InChI is InChI=1S/C24H20BrFN4O2/c25-18-12-16(22-17(13-18)8-11-32-22)4-5-19-20(2-1-3-21(19)26)23(31)30-24(27)29-14-15-6-9-28-10-7-15/h1-3,6-13H,4-5,14H2,(H3,27,29,30,31). The predicted molar refractivity (Wildman–Crippen MR) is 125 cm³/mol. The minimum absolute atomic E-state index is 0.0358. The summed E-state index contributed by atoms with van der Waals surface area (Å²) in [6, 6.07) is 13.8. The van der Waals surface area contributed by atoms with E-state index in [0.29, 0.717) is 24.9 Å². The van der Waals surface area contributed by atoms with Gasteiger partial charge in [0, 0.05) is 33.4 Å². The van der Waals surface area contributed by atoms with Crippen LogP contribution < -0.4 is 11.1 Å². The molecule has 2 heterocycles. The van der Waals surface area contributed by atoms with Crippen LogP contribution in [-0.4, -0.2) is 16.9 Å². The fraction of sp³-hybridized carbons (Fsp3) is 0.125. The molecular formula is C24H20BrFN4O2. The first-order chi connectivity index (χ1) is 15.5. The van der Waals surface area contributed by atoms with Gasteiger partial charge in [0.1, 0.15) is 11.4 Å². The Morgan fingerprint density at radius 3 is 2.78 bits per heavy atom. The van der Waals surface area contributed by atoms with Gasteiger partial charge in [0.05, 0.1) is 12.8 Å². The van der Waals surface area contributed by atoms with Crippen molar-refractivity contribution in [1.29, 1.82) is 0 Å². The number of pyridine rings is 1. The van der Waals surface area contributed by atoms with E-state index in [0.717, 1.165) is 26.6 Å². The fourth-order valence-corrected chi connectivity index (χ4v) is 4.00. The third kappa shape index (κ3) is 5.03. The summed E-state index contributed by atoms with van der Waals surface area (Å²) < 4.78 is 21.2. The van der Waals surface area contributed by atoms with Crippen LogP contribution in [0.15, 0.2) is 81.1 Å². The lowest BCUT2D eigenvalue weighted by molar-refractivity contribution is 0.0975. The lowest BCUT2D eigenvalue weighted by Crippen LogP contribution is -2.37. The van der Waals surface area contributed by atoms with Crippen LogP contribution in [0.2, 0.25) is 0 Å². The molecule has 0 aliphatic heterocycles. The molecule has 0 spiro atoms. The van der Waals surface area contributed by atoms with Gasteiger partial charge < -0.3 is 10.2 Å². The zero-order valence-electron chi connectivity index (χ0n) is 17.0. The lowest BCUT2D eigenvalue weighted by Gasteiger charge is -2.12. The molecule has 0 saturated heterocycles. The summed E-state index contributed by atoms with van der Waals surface area (Å²) in [5.74, 6) is -0.991. The summed E-state index contributed by atoms with van der Waals surface area (Å²) in [7, 11) is 0. The zero-order chi connectivity index (χ0) is 22.5. The van der Waals surface area contributed by atoms with Crippen molar-refractivity contribution in [3.05, 3.63) is 99.7 Å². The summed E-state index contributed by atoms with van der Waals surface area (Å²) in [6.07, 6.45) is 5.74. The molecule has 6 nitrogen and oxygen atoms in total. The second-order valence-electron chi connectivity index (χ2n) is 7.18. The Kier molecular flexibility index (Phi) is 6.61. The molecule has 2 aromatic heterocycles. The molecule has 0 aliphatic carbocycles. The maximum absolute atomic E-state index is 14.7. The number of nitrogens with zero attached hydrogens (tertiary/aromatic N) is 2. The van der Waals surface area contributed by atoms with Crippen molar-refractivity contribution in [3.8, 4) is 0 Å². The monoisotopic (exact) mass is 494 g/mol. The molecule has 0 aliphatic rings. The number of fused-ring (bicyclic) bond motifs is 1. The smallest absolute Gasteiger partial charge is 0.258 e. The number of amides is 1. The Hall–Kier alpha value is -3.52. The number of carbonyl (C=O) groups is 1. The molecule has 0 atom stereocenters. The maximum atomic E-state index is 14.7. The van der Waals surface area contributed by atoms with Gasteiger partial charge in [-0.2, -0.15) is 0 Å². The van der Waals surface area contributed by atoms with Crippen molar-refractivity contribution >= 4 is 38.8 Å². The fourth-order valence-electron chi connectivity index (χ4n) is 3.47. The van der Waals surface area contributed by atoms with Gasteiger partial charge in [-0.05, 0) is 66.4 Å². The van der Waals surface area contributed by atoms with Crippen molar-refractivity contribution in [1.82, 2.24) is 10.3 Å². The van der Waals surface area contributed by atoms with Gasteiger partial charge in [-0.3, -0.25) is 15.1 Å². The van der Waals surface area contributed by atoms with E-state index < -0.39 is 11.7 Å². The number of aromatic nitrogens is 1. The SMILES string of the molecule is NC(=NCc1ccncc1)NC(=O)c1cccc(F)c1CCc1cc(Br)cc2ccoc12. The maximum Gasteiger partial charge on any atom is 0.258 e. The van der Waals surface area contributed by atoms with E-state index in [4.69, 9.17) is 10.2 Å². The van der Waals surface area contributed by atoms with Crippen LogP contribution in [0.4, 0.5) is 4.39 Å². The first kappa shape index (κ1) is 21.7. The number of aliphatic imine (C=N–C) groups is 1. The summed E-state index contributed by atoms with van der Waals surface area (Å²) >= 11 is 3.49. The Morgan fingerprint density at radius 2 is 1.97 bits per heavy atom. The second kappa shape index (κ2) is 9.74. The summed E-state index contributed by atoms with van der Waals surface area (Å²) in [4.78, 5) is 20.9. The van der Waals surface area contributed by atoms with E-state index in [1.54, 1.807) is 36.9 Å². The van der Waals surface area contributed by atoms with Gasteiger partial charge in [0.15, 0.2) is 5.96 Å². The number of guanidine groups is 1. The molecule has 0 saturated carbocycles. The molecule has 0 radical (unpaired) electrons. The van der Waals surface area contributed by atoms with Gasteiger partial charge >= 0.3 is 0 Å². The van der Waals surface area contributed by atoms with Gasteiger partial charge in [0.2, 0.25) is 0 Å². The molecule has 2 aromatic carbocycles. The van der Waals surface area contributed by atoms with Gasteiger partial charge in [-0.15, -0.1) is 0 Å². The molecule has 1 amide bonds. The molecule has 3 N–H and O–H groups in total. The molecule has 0 bridgehead atoms. The minimum Gasteiger partial charge on any atom is -0.464 e. The van der Waals surface area contributed by atoms with E-state index in [1.807, 2.05) is 18.2 Å². The van der Waals surface area contributed by atoms with Crippen LogP contribution in [0.3, 0.4) is 0 Å². The van der Waals surface area contributed by atoms with Gasteiger partial charge in [-0.25, -0.2) is 9.38 Å². The zero-order valence-corrected chi connectivity index (χ0v) is 18.6. The van der Waals surface area contributed by atoms with Crippen molar-refractivity contribution in [2.24, 2.45) is 10.7 Å². The molecule has 0 unspecified atom stereocenters. The van der Waals surface area contributed by atoms with E-state index in [1.165, 1.54) is 12.1 Å². The number of furan rings is 1. The first-order valence-electron chi connectivity index (χ1n) is 9.94. The van der Waals surface area contributed by atoms with Crippen LogP contribution in [-0.2, 0) is 19.4 Å². The highest BCUT2D eigenvalue weighted by Crippen LogP contribution is 2.27. The molecule has 32 heavy (non-hydrogen) atoms. The number of aryl methyl sites for hydroxylation is 1. The van der Waals surface area contributed by atoms with Crippen molar-refractivity contribution in [2.45, 2.75) is 19.4 Å². The Bertz CT molecular complexity index is 1290. The number of rotatable bonds is 6. The molecule has 4 rings (SSSR count). The number of hydrogen-bond donors (Lipinski definition) is 2. The van der Waals surface area contributed by atoms with Crippen molar-refractivity contribution < 1.29 is 13.6 Å². The number of nitrogens with one attached hydrogen (secondary N) is 1. The van der Waals surface area contributed by atoms with Crippen LogP contribution in [0.1, 0.15) is 27.0 Å². The quantitative estimate of drug-likeness (QED) is 0.298. The van der Waals surface area contributed by atoms with E-state index in [9.17, 15) is 9.18 Å². The number of nitrogens with two attached hydrogens (primary N) is 1. The highest BCUT2D eigenvalue weighted by Gasteiger charge is 2.17. The van der Waals surface area contributed by atoms with E-state index in [2.05, 4.69) is 31.2 Å². The van der Waals surface area contributed by atoms with Crippen LogP contribution in [0.25, 0.3) is 11.0 Å². The number of halogens is 2. The lowest BCUT2D eigenvalue weighted by atomic mass is 9.98. The largest absolute Gasteiger partial charge is 0.464 e. The molecular weight excluding hydrogens is 475 g/mol. The Labute approximate surface area is 192 Å². The number of carbonyl (C=O) groups excluding carboxylic acids is 1. The van der Waals surface area contributed by atoms with Crippen LogP contribution >= 0.6 is 15.9 Å². The third-order valence-corrected chi connectivity index (χ3v) is 5.48. The average molecular weight is 495 g/mol. The summed E-state index contributed by atoms with van der Waals surface area (Å²) in [6.45, 7) is 0.298. The summed E-state index contributed by atoms with van der Waals surface area (Å²) in [5.41, 5.74) is 8.98. The highest BCUT2D eigenvalue weighted by molar-refractivity contribution is 9.10. The molecule has 8 heteroatoms. The first-order valence-corrected chi connectivity index (χ1v) is 10.7. The Morgan fingerprint density at radius 1 is 1.16 bits per heavy atom. The normalized spacial score (nSPS) is 11.6. The van der Waals surface area contributed by atoms with E-state index in [-0.39, 0.29) is 11.5 Å². The average Bonchev–Trinajstić information content (AvgIpc) is 3.25. The van der Waals surface area contributed by atoms with Crippen molar-refractivity contribution in [2.75, 3.05) is 0 Å². The van der Waals surface area contributed by atoms with Crippen LogP contribution in [0, 0.1) is 5.82 Å². The summed E-state index contributed by atoms with van der Waals surface area (Å²) in [5, 5.41) is 3.50. The predicted octanol–water partition coefficient (Wildman–Crippen LogP) is 4.76. The number of hydrogen-bond acceptors (Lipinski definition) is 4. The second-order valence-corrected chi connectivity index (χ2v) is 8.10. The van der Waals surface area contributed by atoms with Gasteiger partial charge in [0.25, 0.3) is 5.91 Å². The molecule has 4 aromatic rings. The van der Waals surface area contributed by atoms with Crippen molar-refractivity contribution in [3.63, 3.8) is 0 Å². The number of benzene rings is 2. The van der Waals surface area contributed by atoms with Crippen LogP contribution in [0.5, 0.6) is 0 Å². The van der Waals surface area contributed by atoms with E-state index >= 15 is 0 Å². The topological polar surface area (TPSA) is 93.5 Å².